The van der Waals surface area contributed by atoms with Gasteiger partial charge in [0, 0.05) is 0 Å². The van der Waals surface area contributed by atoms with Gasteiger partial charge in [0.2, 0.25) is 0 Å². The molecule has 1 aliphatic carbocycles. The molecule has 1 aromatic heterocycles. The van der Waals surface area contributed by atoms with Crippen molar-refractivity contribution in [3.63, 3.8) is 0 Å². The monoisotopic (exact) mass is 167 g/mol. The van der Waals surface area contributed by atoms with Gasteiger partial charge in [-0.1, -0.05) is 0 Å². The van der Waals surface area contributed by atoms with Crippen LogP contribution in [0.5, 0.6) is 0 Å². The Morgan fingerprint density at radius 1 is 1.42 bits per heavy atom. The van der Waals surface area contributed by atoms with Gasteiger partial charge in [0.1, 0.15) is 6.61 Å². The van der Waals surface area contributed by atoms with E-state index in [1.54, 1.807) is 0 Å². The van der Waals surface area contributed by atoms with E-state index in [0.29, 0.717) is 5.82 Å². The molecule has 3 N–H and O–H groups in total. The predicted molar refractivity (Wildman–Crippen MR) is 44.9 cm³/mol. The number of rotatable bonds is 1. The fraction of sp³-hybridized carbons (Fsp3) is 0.625. The van der Waals surface area contributed by atoms with Crippen molar-refractivity contribution in [1.82, 2.24) is 9.66 Å². The standard InChI is InChI=1S/C8H13N3O/c9-11-7-4-2-1-3-6(7)10-8(11)5-12/h12H,1-5,9H2. The molecule has 1 aliphatic rings. The van der Waals surface area contributed by atoms with Crippen molar-refractivity contribution in [2.45, 2.75) is 32.3 Å². The van der Waals surface area contributed by atoms with Gasteiger partial charge in [0.05, 0.1) is 11.4 Å². The number of imidazole rings is 1. The number of aliphatic hydroxyl groups excluding tert-OH is 1. The lowest BCUT2D eigenvalue weighted by atomic mass is 10.0. The highest BCUT2D eigenvalue weighted by atomic mass is 16.3. The Labute approximate surface area is 71.0 Å². The smallest absolute Gasteiger partial charge is 0.153 e. The van der Waals surface area contributed by atoms with E-state index in [9.17, 15) is 0 Å². The van der Waals surface area contributed by atoms with Gasteiger partial charge in [0.15, 0.2) is 5.82 Å². The predicted octanol–water partition coefficient (Wildman–Crippen LogP) is -0.0320. The minimum atomic E-state index is -0.0660. The van der Waals surface area contributed by atoms with Crippen LogP contribution in [0, 0.1) is 0 Å². The number of aliphatic hydroxyl groups is 1. The SMILES string of the molecule is Nn1c(CO)nc2c1CCCC2. The van der Waals surface area contributed by atoms with Crippen molar-refractivity contribution < 1.29 is 5.11 Å². The lowest BCUT2D eigenvalue weighted by Crippen LogP contribution is -2.17. The molecular formula is C8H13N3O. The van der Waals surface area contributed by atoms with Crippen molar-refractivity contribution in [2.24, 2.45) is 0 Å². The Hall–Kier alpha value is -1.03. The van der Waals surface area contributed by atoms with E-state index in [-0.39, 0.29) is 6.61 Å². The zero-order valence-electron chi connectivity index (χ0n) is 6.95. The van der Waals surface area contributed by atoms with E-state index in [1.165, 1.54) is 17.5 Å². The first-order valence-electron chi connectivity index (χ1n) is 4.28. The molecule has 2 rings (SSSR count). The molecule has 0 aromatic carbocycles. The third-order valence-electron chi connectivity index (χ3n) is 2.38. The zero-order chi connectivity index (χ0) is 8.55. The molecule has 0 aliphatic heterocycles. The van der Waals surface area contributed by atoms with Crippen molar-refractivity contribution in [3.05, 3.63) is 17.2 Å². The van der Waals surface area contributed by atoms with E-state index < -0.39 is 0 Å². The minimum Gasteiger partial charge on any atom is -0.388 e. The van der Waals surface area contributed by atoms with Crippen LogP contribution in [0.4, 0.5) is 0 Å². The van der Waals surface area contributed by atoms with Gasteiger partial charge in [-0.3, -0.25) is 0 Å². The van der Waals surface area contributed by atoms with Gasteiger partial charge in [0.25, 0.3) is 0 Å². The molecule has 0 spiro atoms. The normalized spacial score (nSPS) is 16.1. The first-order valence-corrected chi connectivity index (χ1v) is 4.28. The number of fused-ring (bicyclic) bond motifs is 1. The summed E-state index contributed by atoms with van der Waals surface area (Å²) in [5.41, 5.74) is 2.18. The van der Waals surface area contributed by atoms with E-state index in [4.69, 9.17) is 10.9 Å². The molecule has 66 valence electrons. The van der Waals surface area contributed by atoms with E-state index in [1.807, 2.05) is 0 Å². The summed E-state index contributed by atoms with van der Waals surface area (Å²) >= 11 is 0. The molecule has 12 heavy (non-hydrogen) atoms. The Kier molecular flexibility index (Phi) is 1.77. The Morgan fingerprint density at radius 2 is 2.17 bits per heavy atom. The van der Waals surface area contributed by atoms with Gasteiger partial charge in [-0.2, -0.15) is 0 Å². The third kappa shape index (κ3) is 0.992. The lowest BCUT2D eigenvalue weighted by Gasteiger charge is -2.10. The summed E-state index contributed by atoms with van der Waals surface area (Å²) in [5.74, 6) is 6.31. The number of aromatic nitrogens is 2. The van der Waals surface area contributed by atoms with Gasteiger partial charge in [-0.05, 0) is 25.7 Å². The van der Waals surface area contributed by atoms with E-state index in [2.05, 4.69) is 4.98 Å². The fourth-order valence-corrected chi connectivity index (χ4v) is 1.73. The highest BCUT2D eigenvalue weighted by Gasteiger charge is 2.17. The maximum Gasteiger partial charge on any atom is 0.153 e. The van der Waals surface area contributed by atoms with Gasteiger partial charge >= 0.3 is 0 Å². The topological polar surface area (TPSA) is 64.1 Å². The Bertz CT molecular complexity index is 293. The van der Waals surface area contributed by atoms with Crippen LogP contribution in [0.3, 0.4) is 0 Å². The second-order valence-electron chi connectivity index (χ2n) is 3.16. The number of nitrogen functional groups attached to an aromatic ring is 1. The summed E-state index contributed by atoms with van der Waals surface area (Å²) in [5, 5.41) is 8.90. The molecule has 0 fully saturated rings. The third-order valence-corrected chi connectivity index (χ3v) is 2.38. The number of aryl methyl sites for hydroxylation is 1. The molecule has 4 nitrogen and oxygen atoms in total. The van der Waals surface area contributed by atoms with Gasteiger partial charge < -0.3 is 10.9 Å². The molecule has 0 saturated heterocycles. The van der Waals surface area contributed by atoms with Crippen LogP contribution in [0.25, 0.3) is 0 Å². The summed E-state index contributed by atoms with van der Waals surface area (Å²) in [6, 6.07) is 0. The molecule has 0 bridgehead atoms. The van der Waals surface area contributed by atoms with E-state index in [0.717, 1.165) is 24.2 Å². The van der Waals surface area contributed by atoms with Crippen molar-refractivity contribution in [1.29, 1.82) is 0 Å². The summed E-state index contributed by atoms with van der Waals surface area (Å²) in [4.78, 5) is 4.26. The molecule has 0 saturated carbocycles. The van der Waals surface area contributed by atoms with Crippen LogP contribution in [0.1, 0.15) is 30.1 Å². The summed E-state index contributed by atoms with van der Waals surface area (Å²) in [7, 11) is 0. The number of nitrogens with two attached hydrogens (primary N) is 1. The number of nitrogens with zero attached hydrogens (tertiary/aromatic N) is 2. The first-order chi connectivity index (χ1) is 5.83. The Morgan fingerprint density at radius 3 is 2.83 bits per heavy atom. The van der Waals surface area contributed by atoms with E-state index >= 15 is 0 Å². The average Bonchev–Trinajstić information content (AvgIpc) is 2.44. The molecule has 0 atom stereocenters. The minimum absolute atomic E-state index is 0.0660. The van der Waals surface area contributed by atoms with Crippen LogP contribution in [-0.2, 0) is 19.4 Å². The molecule has 4 heteroatoms. The van der Waals surface area contributed by atoms with Gasteiger partial charge in [-0.25, -0.2) is 9.66 Å². The average molecular weight is 167 g/mol. The van der Waals surface area contributed by atoms with Crippen molar-refractivity contribution in [3.8, 4) is 0 Å². The highest BCUT2D eigenvalue weighted by Crippen LogP contribution is 2.20. The quantitative estimate of drug-likeness (QED) is 0.577. The summed E-state index contributed by atoms with van der Waals surface area (Å²) in [6.07, 6.45) is 4.38. The molecule has 0 unspecified atom stereocenters. The maximum atomic E-state index is 8.90. The van der Waals surface area contributed by atoms with Gasteiger partial charge in [-0.15, -0.1) is 0 Å². The highest BCUT2D eigenvalue weighted by molar-refractivity contribution is 5.19. The fourth-order valence-electron chi connectivity index (χ4n) is 1.73. The molecule has 0 amide bonds. The van der Waals surface area contributed by atoms with Crippen LogP contribution < -0.4 is 5.84 Å². The zero-order valence-corrected chi connectivity index (χ0v) is 6.95. The number of hydrogen-bond acceptors (Lipinski definition) is 3. The number of hydrogen-bond donors (Lipinski definition) is 2. The molecular weight excluding hydrogens is 154 g/mol. The largest absolute Gasteiger partial charge is 0.388 e. The van der Waals surface area contributed by atoms with Crippen LogP contribution in [-0.4, -0.2) is 14.8 Å². The summed E-state index contributed by atoms with van der Waals surface area (Å²) < 4.78 is 1.54. The molecule has 0 radical (unpaired) electrons. The van der Waals surface area contributed by atoms with Crippen LogP contribution in [0.2, 0.25) is 0 Å². The lowest BCUT2D eigenvalue weighted by molar-refractivity contribution is 0.268. The molecule has 1 aromatic rings. The van der Waals surface area contributed by atoms with Crippen LogP contribution in [0.15, 0.2) is 0 Å². The van der Waals surface area contributed by atoms with Crippen molar-refractivity contribution >= 4 is 0 Å². The van der Waals surface area contributed by atoms with Crippen LogP contribution >= 0.6 is 0 Å². The maximum absolute atomic E-state index is 8.90. The summed E-state index contributed by atoms with van der Waals surface area (Å²) in [6.45, 7) is -0.0660. The Balaban J connectivity index is 2.44. The second kappa shape index (κ2) is 2.79. The first kappa shape index (κ1) is 7.61. The molecule has 1 heterocycles. The van der Waals surface area contributed by atoms with Crippen molar-refractivity contribution in [2.75, 3.05) is 5.84 Å². The second-order valence-corrected chi connectivity index (χ2v) is 3.16.